The van der Waals surface area contributed by atoms with Crippen molar-refractivity contribution in [1.29, 1.82) is 0 Å². The minimum atomic E-state index is -0.913. The number of likely N-dealkylation sites (N-methyl/N-ethyl adjacent to an activating group) is 1. The highest BCUT2D eigenvalue weighted by molar-refractivity contribution is 7.14. The predicted molar refractivity (Wildman–Crippen MR) is 82.7 cm³/mol. The van der Waals surface area contributed by atoms with Crippen molar-refractivity contribution in [3.63, 3.8) is 0 Å². The number of hydrogen-bond acceptors (Lipinski definition) is 7. The van der Waals surface area contributed by atoms with Gasteiger partial charge in [-0.25, -0.2) is 14.6 Å². The average molecular weight is 328 g/mol. The van der Waals surface area contributed by atoms with Crippen LogP contribution in [0.15, 0.2) is 5.51 Å². The monoisotopic (exact) mass is 328 g/mol. The summed E-state index contributed by atoms with van der Waals surface area (Å²) < 4.78 is 4.74. The van der Waals surface area contributed by atoms with E-state index in [0.717, 1.165) is 5.00 Å². The molecule has 1 saturated heterocycles. The molecule has 1 atom stereocenters. The maximum absolute atomic E-state index is 11.8. The minimum Gasteiger partial charge on any atom is -0.465 e. The summed E-state index contributed by atoms with van der Waals surface area (Å²) in [6.07, 6.45) is -0.913. The summed E-state index contributed by atoms with van der Waals surface area (Å²) in [5.41, 5.74) is 1.89. The number of aromatic nitrogens is 1. The van der Waals surface area contributed by atoms with Crippen molar-refractivity contribution in [2.75, 3.05) is 52.3 Å². The fourth-order valence-electron chi connectivity index (χ4n) is 2.57. The smallest absolute Gasteiger partial charge is 0.407 e. The van der Waals surface area contributed by atoms with Crippen LogP contribution in [0.3, 0.4) is 0 Å². The van der Waals surface area contributed by atoms with Gasteiger partial charge in [0.05, 0.1) is 18.7 Å². The van der Waals surface area contributed by atoms with Crippen LogP contribution in [-0.2, 0) is 4.74 Å². The summed E-state index contributed by atoms with van der Waals surface area (Å²) in [5.74, 6) is -0.471. The van der Waals surface area contributed by atoms with E-state index in [1.807, 2.05) is 23.9 Å². The molecule has 0 radical (unpaired) electrons. The number of rotatable bonds is 4. The number of carboxylic acid groups (broad SMARTS) is 1. The number of carbonyl (C=O) groups excluding carboxylic acids is 1. The molecule has 1 aromatic heterocycles. The Hall–Kier alpha value is -1.87. The summed E-state index contributed by atoms with van der Waals surface area (Å²) in [4.78, 5) is 32.6. The van der Waals surface area contributed by atoms with E-state index in [2.05, 4.69) is 4.98 Å². The quantitative estimate of drug-likeness (QED) is 0.813. The summed E-state index contributed by atoms with van der Waals surface area (Å²) in [7, 11) is 5.14. The highest BCUT2D eigenvalue weighted by Crippen LogP contribution is 2.28. The first kappa shape index (κ1) is 16.5. The average Bonchev–Trinajstić information content (AvgIpc) is 2.94. The molecule has 0 spiro atoms. The number of anilines is 1. The molecule has 22 heavy (non-hydrogen) atoms. The second-order valence-electron chi connectivity index (χ2n) is 5.34. The summed E-state index contributed by atoms with van der Waals surface area (Å²) in [6.45, 7) is 2.07. The number of methoxy groups -OCH3 is 1. The lowest BCUT2D eigenvalue weighted by Crippen LogP contribution is -2.58. The van der Waals surface area contributed by atoms with E-state index in [4.69, 9.17) is 4.74 Å². The fraction of sp³-hybridized carbons (Fsp3) is 0.615. The lowest BCUT2D eigenvalue weighted by molar-refractivity contribution is 0.0594. The number of ether oxygens (including phenoxy) is 1. The molecule has 0 aliphatic carbocycles. The third-order valence-corrected chi connectivity index (χ3v) is 4.40. The van der Waals surface area contributed by atoms with Gasteiger partial charge >= 0.3 is 12.1 Å². The highest BCUT2D eigenvalue weighted by atomic mass is 32.1. The minimum absolute atomic E-state index is 0.158. The normalized spacial score (nSPS) is 18.6. The van der Waals surface area contributed by atoms with Gasteiger partial charge in [-0.05, 0) is 14.1 Å². The zero-order valence-electron chi connectivity index (χ0n) is 12.9. The maximum Gasteiger partial charge on any atom is 0.407 e. The third-order valence-electron chi connectivity index (χ3n) is 3.52. The van der Waals surface area contributed by atoms with Crippen LogP contribution >= 0.6 is 11.3 Å². The summed E-state index contributed by atoms with van der Waals surface area (Å²) >= 11 is 1.36. The first-order valence-corrected chi connectivity index (χ1v) is 7.73. The number of amides is 1. The van der Waals surface area contributed by atoms with Crippen molar-refractivity contribution in [1.82, 2.24) is 14.8 Å². The van der Waals surface area contributed by atoms with Gasteiger partial charge in [0.25, 0.3) is 0 Å². The SMILES string of the molecule is COC(=O)c1ncsc1N1CCN(C(=O)O)[C@H](CN(C)C)C1. The molecule has 1 aromatic rings. The highest BCUT2D eigenvalue weighted by Gasteiger charge is 2.33. The predicted octanol–water partition coefficient (Wildman–Crippen LogP) is 0.660. The van der Waals surface area contributed by atoms with Crippen LogP contribution < -0.4 is 4.90 Å². The van der Waals surface area contributed by atoms with E-state index in [1.165, 1.54) is 23.3 Å². The van der Waals surface area contributed by atoms with E-state index in [-0.39, 0.29) is 6.04 Å². The van der Waals surface area contributed by atoms with Crippen LogP contribution in [0.2, 0.25) is 0 Å². The molecule has 1 aliphatic rings. The molecular formula is C13H20N4O4S. The van der Waals surface area contributed by atoms with Crippen molar-refractivity contribution in [2.24, 2.45) is 0 Å². The van der Waals surface area contributed by atoms with Gasteiger partial charge in [-0.2, -0.15) is 0 Å². The standard InChI is InChI=1S/C13H20N4O4S/c1-15(2)6-9-7-16(4-5-17(9)13(19)20)11-10(12(18)21-3)14-8-22-11/h8-9H,4-7H2,1-3H3,(H,19,20)/t9-/m1/s1. The van der Waals surface area contributed by atoms with Crippen LogP contribution in [0, 0.1) is 0 Å². The molecular weight excluding hydrogens is 308 g/mol. The molecule has 1 N–H and O–H groups in total. The molecule has 122 valence electrons. The molecule has 8 nitrogen and oxygen atoms in total. The lowest BCUT2D eigenvalue weighted by atomic mass is 10.1. The Kier molecular flexibility index (Phi) is 5.19. The molecule has 0 unspecified atom stereocenters. The van der Waals surface area contributed by atoms with E-state index < -0.39 is 12.1 Å². The van der Waals surface area contributed by atoms with Crippen LogP contribution in [0.25, 0.3) is 0 Å². The zero-order valence-corrected chi connectivity index (χ0v) is 13.7. The Morgan fingerprint density at radius 3 is 2.82 bits per heavy atom. The molecule has 1 amide bonds. The van der Waals surface area contributed by atoms with Gasteiger partial charge in [0.1, 0.15) is 5.00 Å². The Morgan fingerprint density at radius 1 is 1.50 bits per heavy atom. The van der Waals surface area contributed by atoms with Gasteiger partial charge in [0.2, 0.25) is 0 Å². The largest absolute Gasteiger partial charge is 0.465 e. The van der Waals surface area contributed by atoms with Gasteiger partial charge in [0.15, 0.2) is 5.69 Å². The van der Waals surface area contributed by atoms with Crippen LogP contribution in [0.1, 0.15) is 10.5 Å². The molecule has 0 aromatic carbocycles. The van der Waals surface area contributed by atoms with Gasteiger partial charge in [-0.3, -0.25) is 0 Å². The number of esters is 1. The Morgan fingerprint density at radius 2 is 2.23 bits per heavy atom. The van der Waals surface area contributed by atoms with Gasteiger partial charge < -0.3 is 24.5 Å². The molecule has 0 saturated carbocycles. The van der Waals surface area contributed by atoms with Crippen LogP contribution in [0.5, 0.6) is 0 Å². The fourth-order valence-corrected chi connectivity index (χ4v) is 3.39. The number of carbonyl (C=O) groups is 2. The topological polar surface area (TPSA) is 86.2 Å². The molecule has 1 aliphatic heterocycles. The number of nitrogens with zero attached hydrogens (tertiary/aromatic N) is 4. The van der Waals surface area contributed by atoms with Crippen molar-refractivity contribution in [2.45, 2.75) is 6.04 Å². The van der Waals surface area contributed by atoms with Crippen molar-refractivity contribution in [3.8, 4) is 0 Å². The molecule has 1 fully saturated rings. The van der Waals surface area contributed by atoms with E-state index in [0.29, 0.717) is 31.9 Å². The van der Waals surface area contributed by atoms with Crippen LogP contribution in [-0.4, -0.2) is 85.4 Å². The van der Waals surface area contributed by atoms with E-state index in [1.54, 1.807) is 5.51 Å². The Bertz CT molecular complexity index is 548. The lowest BCUT2D eigenvalue weighted by Gasteiger charge is -2.41. The second kappa shape index (κ2) is 6.93. The van der Waals surface area contributed by atoms with E-state index in [9.17, 15) is 14.7 Å². The zero-order chi connectivity index (χ0) is 16.3. The Balaban J connectivity index is 2.19. The summed E-state index contributed by atoms with van der Waals surface area (Å²) in [6, 6.07) is -0.158. The van der Waals surface area contributed by atoms with Crippen LogP contribution in [0.4, 0.5) is 9.80 Å². The van der Waals surface area contributed by atoms with E-state index >= 15 is 0 Å². The first-order valence-electron chi connectivity index (χ1n) is 6.85. The van der Waals surface area contributed by atoms with Gasteiger partial charge in [0, 0.05) is 26.2 Å². The molecule has 0 bridgehead atoms. The molecule has 2 heterocycles. The number of hydrogen-bond donors (Lipinski definition) is 1. The maximum atomic E-state index is 11.8. The number of thiazole rings is 1. The Labute approximate surface area is 132 Å². The van der Waals surface area contributed by atoms with Crippen molar-refractivity contribution >= 4 is 28.4 Å². The van der Waals surface area contributed by atoms with Crippen molar-refractivity contribution < 1.29 is 19.4 Å². The summed E-state index contributed by atoms with van der Waals surface area (Å²) in [5, 5.41) is 10.1. The number of piperazine rings is 1. The van der Waals surface area contributed by atoms with Gasteiger partial charge in [-0.15, -0.1) is 11.3 Å². The third kappa shape index (κ3) is 3.47. The van der Waals surface area contributed by atoms with Gasteiger partial charge in [-0.1, -0.05) is 0 Å². The second-order valence-corrected chi connectivity index (χ2v) is 6.17. The first-order chi connectivity index (χ1) is 10.4. The molecule has 2 rings (SSSR count). The van der Waals surface area contributed by atoms with Crippen molar-refractivity contribution in [3.05, 3.63) is 11.2 Å². The molecule has 9 heteroatoms.